The number of aromatic nitrogens is 4. The zero-order chi connectivity index (χ0) is 13.4. The van der Waals surface area contributed by atoms with E-state index < -0.39 is 6.04 Å². The number of rotatable bonds is 5. The van der Waals surface area contributed by atoms with Gasteiger partial charge in [0.15, 0.2) is 0 Å². The highest BCUT2D eigenvalue weighted by atomic mass is 16.5. The topological polar surface area (TPSA) is 92.0 Å². The molecule has 19 heavy (non-hydrogen) atoms. The van der Waals surface area contributed by atoms with Crippen molar-refractivity contribution in [3.8, 4) is 0 Å². The van der Waals surface area contributed by atoms with Crippen LogP contribution in [0.15, 0.2) is 16.9 Å². The largest absolute Gasteiger partial charge is 0.373 e. The summed E-state index contributed by atoms with van der Waals surface area (Å²) in [6, 6.07) is -0.452. The summed E-state index contributed by atoms with van der Waals surface area (Å²) in [6.45, 7) is 0. The van der Waals surface area contributed by atoms with Gasteiger partial charge < -0.3 is 15.0 Å². The molecule has 2 aromatic heterocycles. The quantitative estimate of drug-likeness (QED) is 0.863. The van der Waals surface area contributed by atoms with E-state index in [1.807, 2.05) is 13.2 Å². The maximum Gasteiger partial charge on any atom is 0.248 e. The second-order valence-electron chi connectivity index (χ2n) is 4.91. The van der Waals surface area contributed by atoms with Gasteiger partial charge in [-0.25, -0.2) is 0 Å². The molecular weight excluding hydrogens is 246 g/mol. The number of aryl methyl sites for hydroxylation is 1. The number of methoxy groups -OCH3 is 1. The fourth-order valence-corrected chi connectivity index (χ4v) is 2.14. The Bertz CT molecular complexity index is 560. The van der Waals surface area contributed by atoms with Crippen molar-refractivity contribution in [2.24, 2.45) is 18.7 Å². The Balaban J connectivity index is 1.80. The Labute approximate surface area is 110 Å². The molecule has 2 N–H and O–H groups in total. The monoisotopic (exact) mass is 263 g/mol. The number of nitrogens with two attached hydrogens (primary N) is 1. The number of nitrogens with zero attached hydrogens (tertiary/aromatic N) is 4. The summed E-state index contributed by atoms with van der Waals surface area (Å²) in [4.78, 5) is 4.36. The molecule has 1 aliphatic carbocycles. The first-order valence-corrected chi connectivity index (χ1v) is 6.29. The molecule has 7 heteroatoms. The molecule has 2 aromatic rings. The van der Waals surface area contributed by atoms with Crippen molar-refractivity contribution in [3.63, 3.8) is 0 Å². The van der Waals surface area contributed by atoms with E-state index in [2.05, 4.69) is 15.2 Å². The van der Waals surface area contributed by atoms with Gasteiger partial charge >= 0.3 is 0 Å². The van der Waals surface area contributed by atoms with E-state index in [9.17, 15) is 0 Å². The van der Waals surface area contributed by atoms with Crippen LogP contribution in [-0.2, 0) is 11.8 Å². The lowest BCUT2D eigenvalue weighted by Crippen LogP contribution is -2.12. The standard InChI is InChI=1S/C12H17N5O2/c1-17-6-8(5-14-17)9(13)12-15-11(16-19-12)10(18-2)7-3-4-7/h5-7,9-10H,3-4,13H2,1-2H3. The van der Waals surface area contributed by atoms with E-state index >= 15 is 0 Å². The number of ether oxygens (including phenoxy) is 1. The third-order valence-electron chi connectivity index (χ3n) is 3.37. The summed E-state index contributed by atoms with van der Waals surface area (Å²) in [5.74, 6) is 1.48. The van der Waals surface area contributed by atoms with Crippen LogP contribution in [-0.4, -0.2) is 27.0 Å². The van der Waals surface area contributed by atoms with E-state index in [-0.39, 0.29) is 6.10 Å². The van der Waals surface area contributed by atoms with E-state index in [1.54, 1.807) is 18.0 Å². The van der Waals surface area contributed by atoms with Crippen LogP contribution >= 0.6 is 0 Å². The maximum absolute atomic E-state index is 6.09. The average molecular weight is 263 g/mol. The van der Waals surface area contributed by atoms with E-state index in [0.29, 0.717) is 17.6 Å². The van der Waals surface area contributed by atoms with Crippen molar-refractivity contribution in [1.82, 2.24) is 19.9 Å². The average Bonchev–Trinajstić information content (AvgIpc) is 2.95. The summed E-state index contributed by atoms with van der Waals surface area (Å²) in [6.07, 6.45) is 5.75. The summed E-state index contributed by atoms with van der Waals surface area (Å²) in [5, 5.41) is 8.07. The molecule has 1 fully saturated rings. The Morgan fingerprint density at radius 1 is 1.53 bits per heavy atom. The third-order valence-corrected chi connectivity index (χ3v) is 3.37. The van der Waals surface area contributed by atoms with Gasteiger partial charge in [0.1, 0.15) is 12.1 Å². The van der Waals surface area contributed by atoms with Gasteiger partial charge in [-0.15, -0.1) is 0 Å². The molecular formula is C12H17N5O2. The lowest BCUT2D eigenvalue weighted by atomic mass is 10.2. The van der Waals surface area contributed by atoms with Gasteiger partial charge in [-0.1, -0.05) is 5.16 Å². The Kier molecular flexibility index (Phi) is 3.08. The van der Waals surface area contributed by atoms with E-state index in [1.165, 1.54) is 0 Å². The second-order valence-corrected chi connectivity index (χ2v) is 4.91. The highest BCUT2D eigenvalue weighted by molar-refractivity contribution is 5.17. The molecule has 0 amide bonds. The molecule has 3 rings (SSSR count). The molecule has 0 radical (unpaired) electrons. The maximum atomic E-state index is 6.09. The van der Waals surface area contributed by atoms with Gasteiger partial charge in [-0.2, -0.15) is 10.1 Å². The van der Waals surface area contributed by atoms with Crippen LogP contribution in [0.25, 0.3) is 0 Å². The number of hydrogen-bond acceptors (Lipinski definition) is 6. The van der Waals surface area contributed by atoms with E-state index in [4.69, 9.17) is 15.0 Å². The van der Waals surface area contributed by atoms with Crippen molar-refractivity contribution in [1.29, 1.82) is 0 Å². The predicted molar refractivity (Wildman–Crippen MR) is 66.0 cm³/mol. The smallest absolute Gasteiger partial charge is 0.248 e. The molecule has 1 aliphatic rings. The van der Waals surface area contributed by atoms with Gasteiger partial charge in [-0.05, 0) is 18.8 Å². The van der Waals surface area contributed by atoms with E-state index in [0.717, 1.165) is 18.4 Å². The lowest BCUT2D eigenvalue weighted by molar-refractivity contribution is 0.0751. The summed E-state index contributed by atoms with van der Waals surface area (Å²) in [5.41, 5.74) is 6.93. The van der Waals surface area contributed by atoms with Gasteiger partial charge in [0.2, 0.25) is 11.7 Å². The molecule has 2 heterocycles. The van der Waals surface area contributed by atoms with Crippen LogP contribution in [0.5, 0.6) is 0 Å². The molecule has 2 unspecified atom stereocenters. The van der Waals surface area contributed by atoms with Crippen molar-refractivity contribution in [2.75, 3.05) is 7.11 Å². The summed E-state index contributed by atoms with van der Waals surface area (Å²) in [7, 11) is 3.50. The fourth-order valence-electron chi connectivity index (χ4n) is 2.14. The number of hydrogen-bond donors (Lipinski definition) is 1. The molecule has 0 bridgehead atoms. The van der Waals surface area contributed by atoms with Crippen LogP contribution < -0.4 is 5.73 Å². The highest BCUT2D eigenvalue weighted by Gasteiger charge is 2.36. The Morgan fingerprint density at radius 3 is 2.89 bits per heavy atom. The van der Waals surface area contributed by atoms with Gasteiger partial charge in [-0.3, -0.25) is 4.68 Å². The van der Waals surface area contributed by atoms with Crippen molar-refractivity contribution in [2.45, 2.75) is 25.0 Å². The zero-order valence-electron chi connectivity index (χ0n) is 11.0. The first kappa shape index (κ1) is 12.3. The molecule has 2 atom stereocenters. The molecule has 0 aromatic carbocycles. The summed E-state index contributed by atoms with van der Waals surface area (Å²) >= 11 is 0. The van der Waals surface area contributed by atoms with Crippen LogP contribution in [0.4, 0.5) is 0 Å². The minimum Gasteiger partial charge on any atom is -0.373 e. The SMILES string of the molecule is COC(c1noc(C(N)c2cnn(C)c2)n1)C1CC1. The van der Waals surface area contributed by atoms with Gasteiger partial charge in [0, 0.05) is 25.9 Å². The molecule has 7 nitrogen and oxygen atoms in total. The first-order valence-electron chi connectivity index (χ1n) is 6.29. The molecule has 1 saturated carbocycles. The Hall–Kier alpha value is -1.73. The minimum atomic E-state index is -0.452. The van der Waals surface area contributed by atoms with Crippen molar-refractivity contribution in [3.05, 3.63) is 29.7 Å². The molecule has 0 saturated heterocycles. The fraction of sp³-hybridized carbons (Fsp3) is 0.583. The Morgan fingerprint density at radius 2 is 2.32 bits per heavy atom. The molecule has 102 valence electrons. The van der Waals surface area contributed by atoms with Crippen molar-refractivity contribution < 1.29 is 9.26 Å². The highest BCUT2D eigenvalue weighted by Crippen LogP contribution is 2.42. The van der Waals surface area contributed by atoms with Crippen LogP contribution in [0.1, 0.15) is 42.3 Å². The van der Waals surface area contributed by atoms with Crippen LogP contribution in [0, 0.1) is 5.92 Å². The lowest BCUT2D eigenvalue weighted by Gasteiger charge is -2.08. The molecule has 0 spiro atoms. The zero-order valence-corrected chi connectivity index (χ0v) is 11.0. The normalized spacial score (nSPS) is 18.5. The molecule has 0 aliphatic heterocycles. The van der Waals surface area contributed by atoms with Gasteiger partial charge in [0.05, 0.1) is 6.20 Å². The van der Waals surface area contributed by atoms with Crippen LogP contribution in [0.2, 0.25) is 0 Å². The van der Waals surface area contributed by atoms with Gasteiger partial charge in [0.25, 0.3) is 0 Å². The van der Waals surface area contributed by atoms with Crippen molar-refractivity contribution >= 4 is 0 Å². The third kappa shape index (κ3) is 2.39. The minimum absolute atomic E-state index is 0.0846. The predicted octanol–water partition coefficient (Wildman–Crippen LogP) is 0.949. The second kappa shape index (κ2) is 4.75. The summed E-state index contributed by atoms with van der Waals surface area (Å²) < 4.78 is 12.4. The first-order chi connectivity index (χ1) is 9.19. The van der Waals surface area contributed by atoms with Crippen LogP contribution in [0.3, 0.4) is 0 Å².